The van der Waals surface area contributed by atoms with Gasteiger partial charge >= 0.3 is 0 Å². The van der Waals surface area contributed by atoms with Gasteiger partial charge in [0.15, 0.2) is 5.82 Å². The number of fused-ring (bicyclic) bond motifs is 1. The molecule has 1 aromatic heterocycles. The zero-order valence-corrected chi connectivity index (χ0v) is 11.9. The molecule has 2 heterocycles. The van der Waals surface area contributed by atoms with E-state index in [1.807, 2.05) is 6.92 Å². The first kappa shape index (κ1) is 12.7. The third-order valence-corrected chi connectivity index (χ3v) is 4.35. The summed E-state index contributed by atoms with van der Waals surface area (Å²) in [5, 5.41) is 7.62. The molecule has 0 atom stereocenters. The van der Waals surface area contributed by atoms with E-state index in [1.165, 1.54) is 37.6 Å². The highest BCUT2D eigenvalue weighted by Gasteiger charge is 2.16. The van der Waals surface area contributed by atoms with Gasteiger partial charge in [0.25, 0.3) is 0 Å². The number of guanidine groups is 1. The number of rotatable bonds is 5. The van der Waals surface area contributed by atoms with Gasteiger partial charge in [-0.15, -0.1) is 11.3 Å². The summed E-state index contributed by atoms with van der Waals surface area (Å²) >= 11 is 3.19. The molecule has 0 bridgehead atoms. The molecule has 1 aromatic rings. The fourth-order valence-electron chi connectivity index (χ4n) is 1.61. The molecule has 6 heteroatoms. The number of hydrogen-bond donors (Lipinski definition) is 2. The lowest BCUT2D eigenvalue weighted by atomic mass is 10.2. The van der Waals surface area contributed by atoms with E-state index in [9.17, 15) is 0 Å². The summed E-state index contributed by atoms with van der Waals surface area (Å²) in [5.74, 6) is 1.79. The highest BCUT2D eigenvalue weighted by atomic mass is 32.2. The van der Waals surface area contributed by atoms with Crippen LogP contribution < -0.4 is 10.6 Å². The highest BCUT2D eigenvalue weighted by molar-refractivity contribution is 8.00. The van der Waals surface area contributed by atoms with Crippen molar-refractivity contribution in [2.45, 2.75) is 43.7 Å². The smallest absolute Gasteiger partial charge is 0.209 e. The molecule has 17 heavy (non-hydrogen) atoms. The van der Waals surface area contributed by atoms with Crippen LogP contribution in [-0.2, 0) is 0 Å². The molecule has 0 saturated carbocycles. The van der Waals surface area contributed by atoms with Gasteiger partial charge in [-0.3, -0.25) is 0 Å². The van der Waals surface area contributed by atoms with E-state index in [0.717, 1.165) is 27.5 Å². The summed E-state index contributed by atoms with van der Waals surface area (Å²) in [6, 6.07) is 0. The van der Waals surface area contributed by atoms with Gasteiger partial charge in [0.05, 0.1) is 5.01 Å². The van der Waals surface area contributed by atoms with Gasteiger partial charge in [-0.25, -0.2) is 4.98 Å². The fourth-order valence-corrected chi connectivity index (χ4v) is 3.30. The van der Waals surface area contributed by atoms with E-state index in [4.69, 9.17) is 0 Å². The fraction of sp³-hybridized carbons (Fsp3) is 0.636. The summed E-state index contributed by atoms with van der Waals surface area (Å²) in [6.45, 7) is 5.22. The van der Waals surface area contributed by atoms with Crippen LogP contribution in [-0.4, -0.2) is 17.5 Å². The Balaban J connectivity index is 1.75. The van der Waals surface area contributed by atoms with E-state index in [-0.39, 0.29) is 0 Å². The molecule has 94 valence electrons. The monoisotopic (exact) mass is 270 g/mol. The summed E-state index contributed by atoms with van der Waals surface area (Å²) < 4.78 is 5.54. The first-order valence-electron chi connectivity index (χ1n) is 6.03. The second-order valence-electron chi connectivity index (χ2n) is 4.01. The number of aromatic nitrogens is 1. The molecule has 2 rings (SSSR count). The third-order valence-electron chi connectivity index (χ3n) is 2.48. The largest absolute Gasteiger partial charge is 0.355 e. The van der Waals surface area contributed by atoms with Gasteiger partial charge in [-0.1, -0.05) is 26.2 Å². The van der Waals surface area contributed by atoms with Gasteiger partial charge < -0.3 is 10.6 Å². The Bertz CT molecular complexity index is 400. The van der Waals surface area contributed by atoms with E-state index in [2.05, 4.69) is 26.9 Å². The summed E-state index contributed by atoms with van der Waals surface area (Å²) in [5.41, 5.74) is 0. The molecule has 1 aliphatic heterocycles. The molecule has 4 nitrogen and oxygen atoms in total. The molecule has 0 spiro atoms. The number of aryl methyl sites for hydroxylation is 1. The number of hydrogen-bond acceptors (Lipinski definition) is 6. The first-order chi connectivity index (χ1) is 8.29. The minimum absolute atomic E-state index is 0.837. The van der Waals surface area contributed by atoms with Crippen molar-refractivity contribution in [1.29, 1.82) is 0 Å². The maximum atomic E-state index is 4.42. The van der Waals surface area contributed by atoms with Crippen molar-refractivity contribution in [3.05, 3.63) is 5.01 Å². The number of anilines is 1. The van der Waals surface area contributed by atoms with Crippen LogP contribution >= 0.6 is 23.3 Å². The van der Waals surface area contributed by atoms with Crippen molar-refractivity contribution < 1.29 is 0 Å². The van der Waals surface area contributed by atoms with Gasteiger partial charge in [-0.05, 0) is 13.3 Å². The Kier molecular flexibility index (Phi) is 4.67. The van der Waals surface area contributed by atoms with Crippen LogP contribution in [0.4, 0.5) is 5.82 Å². The Morgan fingerprint density at radius 3 is 3.00 bits per heavy atom. The van der Waals surface area contributed by atoms with Crippen LogP contribution in [0.3, 0.4) is 0 Å². The minimum Gasteiger partial charge on any atom is -0.355 e. The molecule has 0 fully saturated rings. The number of nitrogens with one attached hydrogen (secondary N) is 2. The maximum absolute atomic E-state index is 4.42. The topological polar surface area (TPSA) is 49.3 Å². The van der Waals surface area contributed by atoms with Crippen molar-refractivity contribution in [3.63, 3.8) is 0 Å². The van der Waals surface area contributed by atoms with Gasteiger partial charge in [0.2, 0.25) is 5.96 Å². The van der Waals surface area contributed by atoms with Crippen molar-refractivity contribution >= 4 is 35.1 Å². The van der Waals surface area contributed by atoms with Crippen LogP contribution in [0.15, 0.2) is 8.61 Å². The number of unbranched alkanes of at least 4 members (excludes halogenated alkanes) is 3. The molecule has 1 aliphatic rings. The van der Waals surface area contributed by atoms with Crippen molar-refractivity contribution in [2.24, 2.45) is 4.40 Å². The molecular weight excluding hydrogens is 252 g/mol. The zero-order chi connectivity index (χ0) is 12.1. The number of thiazole rings is 1. The Labute approximate surface area is 110 Å². The maximum Gasteiger partial charge on any atom is 0.209 e. The predicted octanol–water partition coefficient (Wildman–Crippen LogP) is 3.41. The van der Waals surface area contributed by atoms with Crippen molar-refractivity contribution in [2.75, 3.05) is 11.9 Å². The van der Waals surface area contributed by atoms with Crippen LogP contribution in [0.1, 0.15) is 37.6 Å². The molecule has 0 amide bonds. The van der Waals surface area contributed by atoms with Gasteiger partial charge in [-0.2, -0.15) is 4.40 Å². The second kappa shape index (κ2) is 6.26. The van der Waals surface area contributed by atoms with E-state index in [1.54, 1.807) is 11.3 Å². The minimum atomic E-state index is 0.837. The number of nitrogens with zero attached hydrogens (tertiary/aromatic N) is 2. The quantitative estimate of drug-likeness (QED) is 0.636. The first-order valence-corrected chi connectivity index (χ1v) is 7.62. The average Bonchev–Trinajstić information content (AvgIpc) is 2.68. The summed E-state index contributed by atoms with van der Waals surface area (Å²) in [4.78, 5) is 4.42. The molecule has 2 N–H and O–H groups in total. The second-order valence-corrected chi connectivity index (χ2v) is 6.25. The van der Waals surface area contributed by atoms with Crippen LogP contribution in [0.2, 0.25) is 0 Å². The van der Waals surface area contributed by atoms with Crippen LogP contribution in [0.5, 0.6) is 0 Å². The Hall–Kier alpha value is -0.750. The lowest BCUT2D eigenvalue weighted by Gasteiger charge is -2.14. The average molecular weight is 270 g/mol. The SMILES string of the molecule is CCCCCCNC1=NSc2sc(C)nc2N1. The Morgan fingerprint density at radius 1 is 1.29 bits per heavy atom. The molecule has 0 aliphatic carbocycles. The highest BCUT2D eigenvalue weighted by Crippen LogP contribution is 2.36. The zero-order valence-electron chi connectivity index (χ0n) is 10.2. The standard InChI is InChI=1S/C11H18N4S2/c1-3-4-5-6-7-12-11-14-9-10(17-15-11)16-8(2)13-9/h3-7H2,1-2H3,(H2,12,14,15). The lowest BCUT2D eigenvalue weighted by Crippen LogP contribution is -2.32. The van der Waals surface area contributed by atoms with Crippen LogP contribution in [0.25, 0.3) is 0 Å². The molecule has 0 saturated heterocycles. The molecule has 0 radical (unpaired) electrons. The van der Waals surface area contributed by atoms with Crippen LogP contribution in [0, 0.1) is 6.92 Å². The molecule has 0 aromatic carbocycles. The molecular formula is C11H18N4S2. The van der Waals surface area contributed by atoms with E-state index < -0.39 is 0 Å². The normalized spacial score (nSPS) is 13.9. The Morgan fingerprint density at radius 2 is 2.18 bits per heavy atom. The molecule has 0 unspecified atom stereocenters. The van der Waals surface area contributed by atoms with Gasteiger partial charge in [0, 0.05) is 18.5 Å². The predicted molar refractivity (Wildman–Crippen MR) is 75.9 cm³/mol. The summed E-state index contributed by atoms with van der Waals surface area (Å²) in [7, 11) is 0. The van der Waals surface area contributed by atoms with E-state index in [0.29, 0.717) is 0 Å². The third kappa shape index (κ3) is 3.61. The van der Waals surface area contributed by atoms with E-state index >= 15 is 0 Å². The van der Waals surface area contributed by atoms with Crippen molar-refractivity contribution in [3.8, 4) is 0 Å². The lowest BCUT2D eigenvalue weighted by molar-refractivity contribution is 0.654. The van der Waals surface area contributed by atoms with Crippen molar-refractivity contribution in [1.82, 2.24) is 10.3 Å². The van der Waals surface area contributed by atoms with Gasteiger partial charge in [0.1, 0.15) is 4.21 Å². The summed E-state index contributed by atoms with van der Waals surface area (Å²) in [6.07, 6.45) is 5.06.